The summed E-state index contributed by atoms with van der Waals surface area (Å²) >= 11 is 0. The number of rotatable bonds is 5. The van der Waals surface area contributed by atoms with E-state index in [0.29, 0.717) is 19.4 Å². The molecule has 3 aliphatic heterocycles. The predicted molar refractivity (Wildman–Crippen MR) is 123 cm³/mol. The molecule has 1 N–H and O–H groups in total. The van der Waals surface area contributed by atoms with Crippen molar-refractivity contribution in [1.29, 1.82) is 0 Å². The van der Waals surface area contributed by atoms with E-state index in [9.17, 15) is 4.79 Å². The van der Waals surface area contributed by atoms with Gasteiger partial charge in [-0.1, -0.05) is 36.4 Å². The molecule has 0 spiro atoms. The van der Waals surface area contributed by atoms with Gasteiger partial charge in [0.25, 0.3) is 0 Å². The molecule has 0 saturated carbocycles. The summed E-state index contributed by atoms with van der Waals surface area (Å²) in [5.41, 5.74) is 2.40. The molecule has 170 valence electrons. The first-order chi connectivity index (χ1) is 15.7. The molecule has 2 amide bonds. The highest BCUT2D eigenvalue weighted by Gasteiger charge is 2.30. The minimum absolute atomic E-state index is 0.0556. The number of piperidine rings is 1. The first kappa shape index (κ1) is 21.1. The lowest BCUT2D eigenvalue weighted by Gasteiger charge is -2.43. The van der Waals surface area contributed by atoms with Gasteiger partial charge in [0.1, 0.15) is 0 Å². The molecule has 5 rings (SSSR count). The van der Waals surface area contributed by atoms with Gasteiger partial charge in [-0.05, 0) is 36.1 Å². The highest BCUT2D eigenvalue weighted by molar-refractivity contribution is 5.74. The minimum Gasteiger partial charge on any atom is -0.454 e. The number of ether oxygens (including phenoxy) is 2. The Morgan fingerprint density at radius 2 is 1.75 bits per heavy atom. The maximum Gasteiger partial charge on any atom is 0.317 e. The van der Waals surface area contributed by atoms with Crippen molar-refractivity contribution >= 4 is 6.03 Å². The molecule has 2 aromatic rings. The highest BCUT2D eigenvalue weighted by Crippen LogP contribution is 2.33. The number of piperazine rings is 1. The molecule has 2 fully saturated rings. The van der Waals surface area contributed by atoms with E-state index in [4.69, 9.17) is 9.47 Å². The number of fused-ring (bicyclic) bond motifs is 1. The Bertz CT molecular complexity index is 915. The number of nitrogens with zero attached hydrogens (tertiary/aromatic N) is 3. The molecular weight excluding hydrogens is 404 g/mol. The topological polar surface area (TPSA) is 57.3 Å². The van der Waals surface area contributed by atoms with Gasteiger partial charge in [0, 0.05) is 58.4 Å². The summed E-state index contributed by atoms with van der Waals surface area (Å²) in [6, 6.07) is 16.8. The van der Waals surface area contributed by atoms with Crippen LogP contribution < -0.4 is 14.8 Å². The third kappa shape index (κ3) is 5.00. The van der Waals surface area contributed by atoms with Crippen LogP contribution >= 0.6 is 0 Å². The summed E-state index contributed by atoms with van der Waals surface area (Å²) in [5, 5.41) is 3.09. The molecular formula is C25H32N4O3. The molecule has 2 saturated heterocycles. The smallest absolute Gasteiger partial charge is 0.317 e. The van der Waals surface area contributed by atoms with Gasteiger partial charge < -0.3 is 19.7 Å². The molecule has 2 aromatic carbocycles. The van der Waals surface area contributed by atoms with E-state index in [-0.39, 0.29) is 6.03 Å². The first-order valence-electron chi connectivity index (χ1n) is 11.7. The van der Waals surface area contributed by atoms with Crippen LogP contribution in [0.15, 0.2) is 48.5 Å². The van der Waals surface area contributed by atoms with Gasteiger partial charge in [-0.15, -0.1) is 0 Å². The third-order valence-electron chi connectivity index (χ3n) is 6.74. The van der Waals surface area contributed by atoms with Crippen LogP contribution in [0.2, 0.25) is 0 Å². The number of carbonyl (C=O) groups excluding carboxylic acids is 1. The van der Waals surface area contributed by atoms with E-state index in [0.717, 1.165) is 69.3 Å². The van der Waals surface area contributed by atoms with Gasteiger partial charge in [-0.3, -0.25) is 9.80 Å². The van der Waals surface area contributed by atoms with Gasteiger partial charge in [0.05, 0.1) is 0 Å². The lowest BCUT2D eigenvalue weighted by atomic mass is 10.0. The fraction of sp³-hybridized carbons (Fsp3) is 0.480. The van der Waals surface area contributed by atoms with Crippen LogP contribution in [0.1, 0.15) is 24.0 Å². The van der Waals surface area contributed by atoms with E-state index in [1.54, 1.807) is 0 Å². The van der Waals surface area contributed by atoms with Crippen molar-refractivity contribution < 1.29 is 14.3 Å². The number of likely N-dealkylation sites (tertiary alicyclic amines) is 1. The normalized spacial score (nSPS) is 21.5. The summed E-state index contributed by atoms with van der Waals surface area (Å²) < 4.78 is 10.9. The summed E-state index contributed by atoms with van der Waals surface area (Å²) in [5.74, 6) is 1.70. The second kappa shape index (κ2) is 9.79. The van der Waals surface area contributed by atoms with Crippen LogP contribution in [0.25, 0.3) is 0 Å². The van der Waals surface area contributed by atoms with E-state index in [1.165, 1.54) is 12.0 Å². The average Bonchev–Trinajstić information content (AvgIpc) is 3.32. The average molecular weight is 437 g/mol. The zero-order valence-corrected chi connectivity index (χ0v) is 18.5. The molecule has 7 nitrogen and oxygen atoms in total. The van der Waals surface area contributed by atoms with Crippen molar-refractivity contribution in [2.75, 3.05) is 46.1 Å². The number of hydrogen-bond acceptors (Lipinski definition) is 5. The Hall–Kier alpha value is -2.77. The van der Waals surface area contributed by atoms with Gasteiger partial charge >= 0.3 is 6.03 Å². The van der Waals surface area contributed by atoms with Crippen molar-refractivity contribution in [2.24, 2.45) is 0 Å². The van der Waals surface area contributed by atoms with Crippen LogP contribution in [0.4, 0.5) is 4.79 Å². The van der Waals surface area contributed by atoms with Crippen LogP contribution in [-0.4, -0.2) is 72.8 Å². The quantitative estimate of drug-likeness (QED) is 0.781. The molecule has 0 aromatic heterocycles. The fourth-order valence-electron chi connectivity index (χ4n) is 4.91. The molecule has 7 heteroatoms. The monoisotopic (exact) mass is 436 g/mol. The fourth-order valence-corrected chi connectivity index (χ4v) is 4.91. The van der Waals surface area contributed by atoms with Gasteiger partial charge in [0.2, 0.25) is 6.79 Å². The van der Waals surface area contributed by atoms with Crippen LogP contribution in [-0.2, 0) is 13.1 Å². The number of hydrogen-bond donors (Lipinski definition) is 1. The Kier molecular flexibility index (Phi) is 6.46. The molecule has 3 aliphatic rings. The Labute approximate surface area is 189 Å². The third-order valence-corrected chi connectivity index (χ3v) is 6.74. The lowest BCUT2D eigenvalue weighted by Crippen LogP contribution is -2.56. The first-order valence-corrected chi connectivity index (χ1v) is 11.7. The standard InChI is InChI=1S/C25H32N4O3/c30-25(26-16-20-5-2-1-3-6-20)29-10-4-7-22(18-29)28-13-11-27(12-14-28)17-21-8-9-23-24(15-21)32-19-31-23/h1-3,5-6,8-9,15,22H,4,7,10-14,16-19H2,(H,26,30)/t22-/m1/s1. The van der Waals surface area contributed by atoms with E-state index in [2.05, 4.69) is 27.2 Å². The molecule has 0 aliphatic carbocycles. The number of amides is 2. The number of urea groups is 1. The maximum atomic E-state index is 12.7. The highest BCUT2D eigenvalue weighted by atomic mass is 16.7. The Morgan fingerprint density at radius 3 is 2.59 bits per heavy atom. The van der Waals surface area contributed by atoms with Crippen LogP contribution in [0.5, 0.6) is 11.5 Å². The Balaban J connectivity index is 1.08. The summed E-state index contributed by atoms with van der Waals surface area (Å²) in [7, 11) is 0. The number of carbonyl (C=O) groups is 1. The SMILES string of the molecule is O=C(NCc1ccccc1)N1CCC[C@@H](N2CCN(Cc3ccc4c(c3)OCO4)CC2)C1. The van der Waals surface area contributed by atoms with Crippen molar-refractivity contribution in [1.82, 2.24) is 20.0 Å². The summed E-state index contributed by atoms with van der Waals surface area (Å²) in [6.07, 6.45) is 2.24. The molecule has 0 radical (unpaired) electrons. The summed E-state index contributed by atoms with van der Waals surface area (Å²) in [4.78, 5) is 19.8. The number of benzene rings is 2. The van der Waals surface area contributed by atoms with Crippen molar-refractivity contribution in [3.05, 3.63) is 59.7 Å². The van der Waals surface area contributed by atoms with E-state index >= 15 is 0 Å². The molecule has 3 heterocycles. The molecule has 1 atom stereocenters. The van der Waals surface area contributed by atoms with E-state index in [1.807, 2.05) is 41.3 Å². The largest absolute Gasteiger partial charge is 0.454 e. The number of nitrogens with one attached hydrogen (secondary N) is 1. The van der Waals surface area contributed by atoms with Gasteiger partial charge in [0.15, 0.2) is 11.5 Å². The van der Waals surface area contributed by atoms with Crippen molar-refractivity contribution in [3.8, 4) is 11.5 Å². The summed E-state index contributed by atoms with van der Waals surface area (Å²) in [6.45, 7) is 7.70. The van der Waals surface area contributed by atoms with Gasteiger partial charge in [-0.2, -0.15) is 0 Å². The second-order valence-corrected chi connectivity index (χ2v) is 8.89. The molecule has 0 unspecified atom stereocenters. The maximum absolute atomic E-state index is 12.7. The Morgan fingerprint density at radius 1 is 0.938 bits per heavy atom. The zero-order chi connectivity index (χ0) is 21.8. The van der Waals surface area contributed by atoms with Crippen molar-refractivity contribution in [2.45, 2.75) is 32.0 Å². The van der Waals surface area contributed by atoms with E-state index < -0.39 is 0 Å². The van der Waals surface area contributed by atoms with Gasteiger partial charge in [-0.25, -0.2) is 4.79 Å². The second-order valence-electron chi connectivity index (χ2n) is 8.89. The zero-order valence-electron chi connectivity index (χ0n) is 18.5. The van der Waals surface area contributed by atoms with Crippen LogP contribution in [0, 0.1) is 0 Å². The van der Waals surface area contributed by atoms with Crippen molar-refractivity contribution in [3.63, 3.8) is 0 Å². The minimum atomic E-state index is 0.0556. The molecule has 0 bridgehead atoms. The molecule has 32 heavy (non-hydrogen) atoms. The lowest BCUT2D eigenvalue weighted by molar-refractivity contribution is 0.0581. The predicted octanol–water partition coefficient (Wildman–Crippen LogP) is 2.91. The van der Waals surface area contributed by atoms with Crippen LogP contribution in [0.3, 0.4) is 0 Å².